The number of carbonyl (C=O) groups is 5. The number of carbonyl (C=O) groups excluding carboxylic acids is 5. The SMILES string of the molecule is C/C=C\C.C=CC(=C)CCC(C)C(=O)OCC(COC)OC(=O)CCCNCCCC(=O)OC(CO)COC(=O)C(C)CC/C(C=C)=C/C.CC.CC.Cc1ccc(CCC(C)C=O)cc1. The number of benzene rings is 1. The van der Waals surface area contributed by atoms with Crippen molar-refractivity contribution < 1.29 is 52.8 Å². The molecule has 66 heavy (non-hydrogen) atoms. The Kier molecular flexibility index (Phi) is 49.7. The summed E-state index contributed by atoms with van der Waals surface area (Å²) in [5, 5.41) is 12.7. The van der Waals surface area contributed by atoms with E-state index in [-0.39, 0.29) is 56.4 Å². The maximum absolute atomic E-state index is 12.3. The van der Waals surface area contributed by atoms with Crippen molar-refractivity contribution >= 4 is 30.2 Å². The highest BCUT2D eigenvalue weighted by Crippen LogP contribution is 2.16. The van der Waals surface area contributed by atoms with Gasteiger partial charge in [0, 0.05) is 25.9 Å². The van der Waals surface area contributed by atoms with Crippen molar-refractivity contribution in [2.24, 2.45) is 17.8 Å². The number of esters is 4. The number of aldehydes is 1. The molecule has 0 spiro atoms. The summed E-state index contributed by atoms with van der Waals surface area (Å²) in [6.07, 6.45) is 14.5. The summed E-state index contributed by atoms with van der Waals surface area (Å²) in [7, 11) is 1.47. The van der Waals surface area contributed by atoms with Crippen LogP contribution in [0.5, 0.6) is 0 Å². The molecule has 12 heteroatoms. The molecule has 378 valence electrons. The zero-order valence-corrected chi connectivity index (χ0v) is 43.1. The first kappa shape index (κ1) is 67.9. The Balaban J connectivity index is -0.000000750. The van der Waals surface area contributed by atoms with Gasteiger partial charge < -0.3 is 38.9 Å². The first-order valence-electron chi connectivity index (χ1n) is 23.8. The van der Waals surface area contributed by atoms with Gasteiger partial charge in [0.15, 0.2) is 12.2 Å². The number of aliphatic hydroxyl groups excluding tert-OH is 1. The number of nitrogens with one attached hydrogen (secondary N) is 1. The number of methoxy groups -OCH3 is 1. The Morgan fingerprint density at radius 1 is 0.712 bits per heavy atom. The van der Waals surface area contributed by atoms with Crippen LogP contribution in [0.15, 0.2) is 85.5 Å². The van der Waals surface area contributed by atoms with Gasteiger partial charge in [-0.1, -0.05) is 140 Å². The van der Waals surface area contributed by atoms with E-state index in [0.29, 0.717) is 51.6 Å². The molecular weight excluding hydrogens is 839 g/mol. The van der Waals surface area contributed by atoms with Gasteiger partial charge in [-0.2, -0.15) is 0 Å². The van der Waals surface area contributed by atoms with Gasteiger partial charge in [-0.05, 0) is 97.7 Å². The molecule has 0 saturated heterocycles. The van der Waals surface area contributed by atoms with Crippen LogP contribution in [0.4, 0.5) is 0 Å². The highest BCUT2D eigenvalue weighted by atomic mass is 16.6. The Labute approximate surface area is 400 Å². The number of ether oxygens (including phenoxy) is 5. The molecule has 5 atom stereocenters. The highest BCUT2D eigenvalue weighted by molar-refractivity contribution is 5.73. The van der Waals surface area contributed by atoms with E-state index in [9.17, 15) is 29.1 Å². The minimum atomic E-state index is -0.927. The van der Waals surface area contributed by atoms with E-state index in [1.807, 2.05) is 73.6 Å². The van der Waals surface area contributed by atoms with Crippen LogP contribution in [-0.4, -0.2) is 94.1 Å². The fourth-order valence-corrected chi connectivity index (χ4v) is 5.10. The van der Waals surface area contributed by atoms with Gasteiger partial charge in [-0.3, -0.25) is 19.2 Å². The van der Waals surface area contributed by atoms with Crippen molar-refractivity contribution in [3.63, 3.8) is 0 Å². The van der Waals surface area contributed by atoms with Gasteiger partial charge in [0.2, 0.25) is 0 Å². The van der Waals surface area contributed by atoms with E-state index in [1.54, 1.807) is 26.0 Å². The maximum Gasteiger partial charge on any atom is 0.308 e. The van der Waals surface area contributed by atoms with Crippen molar-refractivity contribution in [2.75, 3.05) is 46.6 Å². The molecule has 0 saturated carbocycles. The summed E-state index contributed by atoms with van der Waals surface area (Å²) in [6.45, 7) is 33.1. The fourth-order valence-electron chi connectivity index (χ4n) is 5.10. The van der Waals surface area contributed by atoms with Crippen molar-refractivity contribution in [3.8, 4) is 0 Å². The average Bonchev–Trinajstić information content (AvgIpc) is 3.34. The Morgan fingerprint density at radius 2 is 1.20 bits per heavy atom. The second kappa shape index (κ2) is 48.3. The molecule has 0 aromatic heterocycles. The molecular formula is C54H91NO11. The molecule has 0 radical (unpaired) electrons. The normalized spacial score (nSPS) is 12.7. The third kappa shape index (κ3) is 40.8. The lowest BCUT2D eigenvalue weighted by molar-refractivity contribution is -0.164. The summed E-state index contributed by atoms with van der Waals surface area (Å²) in [5.41, 5.74) is 4.50. The average molecular weight is 930 g/mol. The van der Waals surface area contributed by atoms with Crippen LogP contribution in [0.2, 0.25) is 0 Å². The summed E-state index contributed by atoms with van der Waals surface area (Å²) in [6, 6.07) is 8.49. The molecule has 12 nitrogen and oxygen atoms in total. The second-order valence-electron chi connectivity index (χ2n) is 15.2. The van der Waals surface area contributed by atoms with Gasteiger partial charge >= 0.3 is 23.9 Å². The maximum atomic E-state index is 12.3. The molecule has 0 bridgehead atoms. The van der Waals surface area contributed by atoms with E-state index < -0.39 is 36.7 Å². The molecule has 2 N–H and O–H groups in total. The van der Waals surface area contributed by atoms with Gasteiger partial charge in [0.25, 0.3) is 0 Å². The molecule has 0 fully saturated rings. The summed E-state index contributed by atoms with van der Waals surface area (Å²) >= 11 is 0. The molecule has 0 aliphatic carbocycles. The predicted octanol–water partition coefficient (Wildman–Crippen LogP) is 10.8. The zero-order valence-electron chi connectivity index (χ0n) is 43.1. The third-order valence-corrected chi connectivity index (χ3v) is 9.51. The number of aliphatic hydroxyl groups is 1. The van der Waals surface area contributed by atoms with E-state index in [2.05, 4.69) is 56.2 Å². The van der Waals surface area contributed by atoms with E-state index in [0.717, 1.165) is 30.3 Å². The van der Waals surface area contributed by atoms with Crippen LogP contribution in [0.25, 0.3) is 0 Å². The van der Waals surface area contributed by atoms with E-state index >= 15 is 0 Å². The second-order valence-corrected chi connectivity index (χ2v) is 15.2. The smallest absolute Gasteiger partial charge is 0.308 e. The number of hydrogen-bond acceptors (Lipinski definition) is 12. The monoisotopic (exact) mass is 930 g/mol. The van der Waals surface area contributed by atoms with E-state index in [4.69, 9.17) is 23.7 Å². The zero-order chi connectivity index (χ0) is 51.1. The number of hydrogen-bond donors (Lipinski definition) is 2. The quantitative estimate of drug-likeness (QED) is 0.0181. The molecule has 1 aromatic rings. The van der Waals surface area contributed by atoms with Crippen LogP contribution in [-0.2, 0) is 54.1 Å². The van der Waals surface area contributed by atoms with Crippen LogP contribution >= 0.6 is 0 Å². The largest absolute Gasteiger partial charge is 0.461 e. The van der Waals surface area contributed by atoms with Gasteiger partial charge in [0.1, 0.15) is 19.5 Å². The lowest BCUT2D eigenvalue weighted by Crippen LogP contribution is -2.31. The lowest BCUT2D eigenvalue weighted by Gasteiger charge is -2.19. The third-order valence-electron chi connectivity index (χ3n) is 9.51. The van der Waals surface area contributed by atoms with Crippen molar-refractivity contribution in [3.05, 3.63) is 96.7 Å². The molecule has 1 aromatic carbocycles. The first-order chi connectivity index (χ1) is 31.6. The lowest BCUT2D eigenvalue weighted by atomic mass is 10.0. The summed E-state index contributed by atoms with van der Waals surface area (Å²) < 4.78 is 26.3. The van der Waals surface area contributed by atoms with Crippen molar-refractivity contribution in [1.82, 2.24) is 5.32 Å². The van der Waals surface area contributed by atoms with Crippen LogP contribution < -0.4 is 5.32 Å². The Morgan fingerprint density at radius 3 is 1.62 bits per heavy atom. The molecule has 0 aliphatic heterocycles. The highest BCUT2D eigenvalue weighted by Gasteiger charge is 2.21. The van der Waals surface area contributed by atoms with Crippen molar-refractivity contribution in [1.29, 1.82) is 0 Å². The Bertz CT molecular complexity index is 1480. The minimum Gasteiger partial charge on any atom is -0.461 e. The van der Waals surface area contributed by atoms with E-state index in [1.165, 1.54) is 18.2 Å². The topological polar surface area (TPSA) is 164 Å². The standard InChI is InChI=1S/C34H55NO10.C12H16O.C4H8.2C2H6/c1-8-25(4)15-16-26(5)33(39)43-24-30(22-41-7)45-32(38)14-12-20-35-19-11-13-31(37)44-29(21-36)23-42-34(40)27(6)17-18-28(9-2)10-3;1-10-3-6-12(7-4-10)8-5-11(2)9-13;1-3-4-2;2*1-2/h8-10,26-27,29-30,35-36H,1-2,4,11-24H2,3,5-7H3;3-4,6-7,9,11H,5,8H2,1-2H3;3-4H,1-2H3;2*1-2H3/b28-10+;;4-3-;;. The van der Waals surface area contributed by atoms with Gasteiger partial charge in [-0.25, -0.2) is 0 Å². The minimum absolute atomic E-state index is 0.0913. The first-order valence-corrected chi connectivity index (χ1v) is 23.8. The van der Waals surface area contributed by atoms with Crippen LogP contribution in [0, 0.1) is 24.7 Å². The van der Waals surface area contributed by atoms with Gasteiger partial charge in [-0.15, -0.1) is 0 Å². The number of rotatable bonds is 31. The van der Waals surface area contributed by atoms with Crippen LogP contribution in [0.3, 0.4) is 0 Å². The Hall–Kier alpha value is -4.65. The summed E-state index contributed by atoms with van der Waals surface area (Å²) in [4.78, 5) is 59.3. The van der Waals surface area contributed by atoms with Crippen molar-refractivity contribution in [2.45, 2.75) is 153 Å². The van der Waals surface area contributed by atoms with Gasteiger partial charge in [0.05, 0.1) is 25.0 Å². The molecule has 1 rings (SSSR count). The molecule has 5 unspecified atom stereocenters. The molecule has 0 amide bonds. The fraction of sp³-hybridized carbons (Fsp3) is 0.611. The molecule has 0 heterocycles. The number of allylic oxidation sites excluding steroid dienone is 7. The van der Waals surface area contributed by atoms with Crippen LogP contribution in [0.1, 0.15) is 138 Å². The summed E-state index contributed by atoms with van der Waals surface area (Å²) in [5.74, 6) is -2.22. The molecule has 0 aliphatic rings. The predicted molar refractivity (Wildman–Crippen MR) is 270 cm³/mol. The number of aryl methyl sites for hydroxylation is 2.